The van der Waals surface area contributed by atoms with Crippen LogP contribution < -0.4 is 4.74 Å². The molecule has 3 rings (SSSR count). The topological polar surface area (TPSA) is 56.6 Å². The van der Waals surface area contributed by atoms with E-state index in [1.165, 1.54) is 6.07 Å². The van der Waals surface area contributed by atoms with Crippen molar-refractivity contribution < 1.29 is 18.7 Å². The van der Waals surface area contributed by atoms with Gasteiger partial charge in [-0.3, -0.25) is 4.79 Å². The number of carbonyl (C=O) groups excluding carboxylic acids is 1. The molecule has 152 valence electrons. The molecule has 0 fully saturated rings. The summed E-state index contributed by atoms with van der Waals surface area (Å²) < 4.78 is 26.3. The second-order valence-corrected chi connectivity index (χ2v) is 6.51. The van der Waals surface area contributed by atoms with E-state index in [0.29, 0.717) is 42.4 Å². The fraction of sp³-hybridized carbons (Fsp3) is 0.273. The molecular formula is C22H24FN3O3. The van der Waals surface area contributed by atoms with Gasteiger partial charge in [-0.25, -0.2) is 9.37 Å². The van der Waals surface area contributed by atoms with Crippen molar-refractivity contribution in [3.05, 3.63) is 83.7 Å². The Morgan fingerprint density at radius 2 is 2.00 bits per heavy atom. The summed E-state index contributed by atoms with van der Waals surface area (Å²) in [7, 11) is 3.15. The first-order chi connectivity index (χ1) is 14.1. The SMILES string of the molecule is COCCN(Cc1nccn1Cc1ccccc1F)C(=O)c1cccc(OC)c1. The highest BCUT2D eigenvalue weighted by atomic mass is 19.1. The van der Waals surface area contributed by atoms with Crippen molar-refractivity contribution in [1.82, 2.24) is 14.5 Å². The van der Waals surface area contributed by atoms with Gasteiger partial charge in [0.05, 0.1) is 26.8 Å². The molecule has 0 atom stereocenters. The largest absolute Gasteiger partial charge is 0.497 e. The van der Waals surface area contributed by atoms with E-state index in [1.807, 2.05) is 4.57 Å². The predicted octanol–water partition coefficient (Wildman–Crippen LogP) is 3.37. The first-order valence-electron chi connectivity index (χ1n) is 9.28. The Hall–Kier alpha value is -3.19. The quantitative estimate of drug-likeness (QED) is 0.556. The molecule has 7 heteroatoms. The highest BCUT2D eigenvalue weighted by molar-refractivity contribution is 5.94. The normalized spacial score (nSPS) is 10.7. The maximum Gasteiger partial charge on any atom is 0.254 e. The average molecular weight is 397 g/mol. The van der Waals surface area contributed by atoms with Crippen LogP contribution in [0.3, 0.4) is 0 Å². The minimum absolute atomic E-state index is 0.151. The number of carbonyl (C=O) groups is 1. The highest BCUT2D eigenvalue weighted by Crippen LogP contribution is 2.17. The lowest BCUT2D eigenvalue weighted by molar-refractivity contribution is 0.0673. The van der Waals surface area contributed by atoms with Crippen molar-refractivity contribution in [2.24, 2.45) is 0 Å². The van der Waals surface area contributed by atoms with E-state index in [4.69, 9.17) is 9.47 Å². The number of hydrogen-bond donors (Lipinski definition) is 0. The van der Waals surface area contributed by atoms with Gasteiger partial charge >= 0.3 is 0 Å². The Labute approximate surface area is 169 Å². The molecule has 1 heterocycles. The van der Waals surface area contributed by atoms with Crippen molar-refractivity contribution in [3.8, 4) is 5.75 Å². The van der Waals surface area contributed by atoms with E-state index in [1.54, 1.807) is 74.0 Å². The lowest BCUT2D eigenvalue weighted by atomic mass is 10.2. The monoisotopic (exact) mass is 397 g/mol. The molecule has 0 bridgehead atoms. The average Bonchev–Trinajstić information content (AvgIpc) is 3.18. The number of hydrogen-bond acceptors (Lipinski definition) is 4. The second kappa shape index (κ2) is 9.84. The number of halogens is 1. The maximum atomic E-state index is 14.0. The molecule has 0 aliphatic carbocycles. The van der Waals surface area contributed by atoms with Crippen LogP contribution in [-0.4, -0.2) is 47.7 Å². The van der Waals surface area contributed by atoms with E-state index in [0.717, 1.165) is 0 Å². The van der Waals surface area contributed by atoms with Gasteiger partial charge < -0.3 is 18.9 Å². The molecule has 0 unspecified atom stereocenters. The molecule has 0 saturated carbocycles. The molecule has 29 heavy (non-hydrogen) atoms. The first kappa shape index (κ1) is 20.5. The van der Waals surface area contributed by atoms with Gasteiger partial charge in [-0.15, -0.1) is 0 Å². The molecule has 1 amide bonds. The molecule has 1 aromatic heterocycles. The van der Waals surface area contributed by atoms with Gasteiger partial charge in [0, 0.05) is 37.2 Å². The van der Waals surface area contributed by atoms with Crippen LogP contribution >= 0.6 is 0 Å². The van der Waals surface area contributed by atoms with Crippen LogP contribution in [0.1, 0.15) is 21.7 Å². The van der Waals surface area contributed by atoms with E-state index in [-0.39, 0.29) is 18.3 Å². The molecule has 2 aromatic carbocycles. The molecule has 0 N–H and O–H groups in total. The van der Waals surface area contributed by atoms with Gasteiger partial charge in [-0.2, -0.15) is 0 Å². The fourth-order valence-electron chi connectivity index (χ4n) is 3.01. The fourth-order valence-corrected chi connectivity index (χ4v) is 3.01. The molecule has 0 aliphatic rings. The minimum Gasteiger partial charge on any atom is -0.497 e. The van der Waals surface area contributed by atoms with Gasteiger partial charge in [-0.05, 0) is 24.3 Å². The number of amides is 1. The first-order valence-corrected chi connectivity index (χ1v) is 9.28. The lowest BCUT2D eigenvalue weighted by Gasteiger charge is -2.23. The Kier molecular flexibility index (Phi) is 6.97. The van der Waals surface area contributed by atoms with Crippen molar-refractivity contribution in [1.29, 1.82) is 0 Å². The smallest absolute Gasteiger partial charge is 0.254 e. The zero-order chi connectivity index (χ0) is 20.6. The third kappa shape index (κ3) is 5.20. The summed E-state index contributed by atoms with van der Waals surface area (Å²) in [5.74, 6) is 0.862. The number of rotatable bonds is 9. The van der Waals surface area contributed by atoms with Gasteiger partial charge in [0.2, 0.25) is 0 Å². The van der Waals surface area contributed by atoms with Crippen LogP contribution in [0.25, 0.3) is 0 Å². The molecule has 3 aromatic rings. The van der Waals surface area contributed by atoms with Gasteiger partial charge in [0.1, 0.15) is 17.4 Å². The Balaban J connectivity index is 1.81. The molecule has 0 saturated heterocycles. The van der Waals surface area contributed by atoms with Crippen molar-refractivity contribution in [2.45, 2.75) is 13.1 Å². The van der Waals surface area contributed by atoms with E-state index in [2.05, 4.69) is 4.98 Å². The number of nitrogens with zero attached hydrogens (tertiary/aromatic N) is 3. The van der Waals surface area contributed by atoms with Gasteiger partial charge in [-0.1, -0.05) is 24.3 Å². The molecule has 0 aliphatic heterocycles. The molecule has 0 radical (unpaired) electrons. The zero-order valence-corrected chi connectivity index (χ0v) is 16.5. The third-order valence-electron chi connectivity index (χ3n) is 4.60. The summed E-state index contributed by atoms with van der Waals surface area (Å²) in [5.41, 5.74) is 1.09. The lowest BCUT2D eigenvalue weighted by Crippen LogP contribution is -2.34. The Bertz CT molecular complexity index is 958. The molecular weight excluding hydrogens is 373 g/mol. The van der Waals surface area contributed by atoms with Crippen LogP contribution in [0, 0.1) is 5.82 Å². The maximum absolute atomic E-state index is 14.0. The summed E-state index contributed by atoms with van der Waals surface area (Å²) >= 11 is 0. The zero-order valence-electron chi connectivity index (χ0n) is 16.5. The highest BCUT2D eigenvalue weighted by Gasteiger charge is 2.19. The van der Waals surface area contributed by atoms with Crippen LogP contribution in [0.15, 0.2) is 60.9 Å². The van der Waals surface area contributed by atoms with Crippen molar-refractivity contribution >= 4 is 5.91 Å². The van der Waals surface area contributed by atoms with Crippen LogP contribution in [0.5, 0.6) is 5.75 Å². The van der Waals surface area contributed by atoms with Crippen LogP contribution in [-0.2, 0) is 17.8 Å². The predicted molar refractivity (Wildman–Crippen MR) is 107 cm³/mol. The second-order valence-electron chi connectivity index (χ2n) is 6.51. The van der Waals surface area contributed by atoms with E-state index < -0.39 is 0 Å². The summed E-state index contributed by atoms with van der Waals surface area (Å²) in [6.45, 7) is 1.41. The van der Waals surface area contributed by atoms with Crippen LogP contribution in [0.2, 0.25) is 0 Å². The van der Waals surface area contributed by atoms with E-state index >= 15 is 0 Å². The molecule has 0 spiro atoms. The molecule has 6 nitrogen and oxygen atoms in total. The van der Waals surface area contributed by atoms with Gasteiger partial charge in [0.15, 0.2) is 0 Å². The summed E-state index contributed by atoms with van der Waals surface area (Å²) in [6.07, 6.45) is 3.44. The number of imidazole rings is 1. The van der Waals surface area contributed by atoms with Crippen molar-refractivity contribution in [2.75, 3.05) is 27.4 Å². The summed E-state index contributed by atoms with van der Waals surface area (Å²) in [4.78, 5) is 19.1. The van der Waals surface area contributed by atoms with Crippen molar-refractivity contribution in [3.63, 3.8) is 0 Å². The number of methoxy groups -OCH3 is 2. The number of aromatic nitrogens is 2. The standard InChI is InChI=1S/C22H24FN3O3/c1-28-13-12-26(22(27)17-7-5-8-19(14-17)29-2)16-21-24-10-11-25(21)15-18-6-3-4-9-20(18)23/h3-11,14H,12-13,15-16H2,1-2H3. The van der Waals surface area contributed by atoms with E-state index in [9.17, 15) is 9.18 Å². The van der Waals surface area contributed by atoms with Gasteiger partial charge in [0.25, 0.3) is 5.91 Å². The summed E-state index contributed by atoms with van der Waals surface area (Å²) in [5, 5.41) is 0. The Morgan fingerprint density at radius 1 is 1.17 bits per heavy atom. The minimum atomic E-state index is -0.268. The number of benzene rings is 2. The van der Waals surface area contributed by atoms with Crippen LogP contribution in [0.4, 0.5) is 4.39 Å². The summed E-state index contributed by atoms with van der Waals surface area (Å²) in [6, 6.07) is 13.6. The third-order valence-corrected chi connectivity index (χ3v) is 4.60. The number of ether oxygens (including phenoxy) is 2. The Morgan fingerprint density at radius 3 is 2.76 bits per heavy atom.